The summed E-state index contributed by atoms with van der Waals surface area (Å²) < 4.78 is 45.0. The van der Waals surface area contributed by atoms with E-state index in [-0.39, 0.29) is 50.3 Å². The highest BCUT2D eigenvalue weighted by Gasteiger charge is 2.46. The van der Waals surface area contributed by atoms with Crippen LogP contribution in [0.15, 0.2) is 35.7 Å². The molecule has 2 aliphatic heterocycles. The molecule has 0 bridgehead atoms. The molecule has 23 nitrogen and oxygen atoms in total. The predicted molar refractivity (Wildman–Crippen MR) is 162 cm³/mol. The van der Waals surface area contributed by atoms with Gasteiger partial charge in [-0.05, 0) is 0 Å². The third-order valence-electron chi connectivity index (χ3n) is 6.55. The number of nitrogens with zero attached hydrogens (tertiary/aromatic N) is 6. The van der Waals surface area contributed by atoms with Gasteiger partial charge in [-0.25, -0.2) is 14.1 Å². The Morgan fingerprint density at radius 2 is 1.74 bits per heavy atom. The van der Waals surface area contributed by atoms with E-state index in [0.717, 1.165) is 10.9 Å². The number of aliphatic hydroxyl groups is 3. The normalized spacial score (nSPS) is 26.4. The summed E-state index contributed by atoms with van der Waals surface area (Å²) in [6.45, 7) is -2.02. The standard InChI is InChI=1S/C20H26N10O13P2S2/c21-19-26-14-8(16(34)28-19)25-5(1-23-14)12(46)13(47)6(31)2-40-44(36,37)43-45(38,39)41-3-7-10(32)11(33)18(42-7)30-4-24-9-15(30)27-20(22)29-17(9)35/h4-7,10-11,18,31-33,46-47H,1-3H2,(H,36,37)(H,38,39)(H3,22,27,29,35)(H3,21,23,26,28,34)/b13-12-/t5-,6-,7-,10-,11-,18-/m1/s1. The number of anilines is 2. The third-order valence-corrected chi connectivity index (χ3v) is 10.4. The Bertz CT molecular complexity index is 2080. The largest absolute Gasteiger partial charge is 0.481 e. The van der Waals surface area contributed by atoms with Crippen molar-refractivity contribution in [3.8, 4) is 0 Å². The maximum atomic E-state index is 12.4. The molecule has 3 aromatic rings. The zero-order valence-electron chi connectivity index (χ0n) is 23.3. The number of ether oxygens (including phenoxy) is 1. The van der Waals surface area contributed by atoms with Crippen LogP contribution in [0.2, 0.25) is 0 Å². The highest BCUT2D eigenvalue weighted by Crippen LogP contribution is 2.60. The number of nitrogens with two attached hydrogens (primary N) is 2. The molecule has 0 amide bonds. The molecule has 1 saturated heterocycles. The zero-order valence-corrected chi connectivity index (χ0v) is 26.9. The van der Waals surface area contributed by atoms with Gasteiger partial charge in [0.25, 0.3) is 11.1 Å². The van der Waals surface area contributed by atoms with Crippen molar-refractivity contribution in [2.75, 3.05) is 31.2 Å². The topological polar surface area (TPSA) is 358 Å². The van der Waals surface area contributed by atoms with Crippen LogP contribution in [-0.2, 0) is 27.2 Å². The Labute approximate surface area is 271 Å². The maximum Gasteiger partial charge on any atom is 0.481 e. The van der Waals surface area contributed by atoms with E-state index >= 15 is 0 Å². The van der Waals surface area contributed by atoms with Gasteiger partial charge in [-0.2, -0.15) is 14.3 Å². The number of imidazole rings is 1. The van der Waals surface area contributed by atoms with E-state index in [1.807, 2.05) is 0 Å². The van der Waals surface area contributed by atoms with Gasteiger partial charge in [-0.15, -0.1) is 25.3 Å². The molecule has 5 heterocycles. The van der Waals surface area contributed by atoms with Crippen LogP contribution in [0.4, 0.5) is 11.9 Å². The van der Waals surface area contributed by atoms with Crippen LogP contribution in [-0.4, -0.2) is 105 Å². The smallest absolute Gasteiger partial charge is 0.387 e. The summed E-state index contributed by atoms with van der Waals surface area (Å²) in [7, 11) is -10.8. The summed E-state index contributed by atoms with van der Waals surface area (Å²) in [6, 6.07) is -0.904. The van der Waals surface area contributed by atoms with E-state index in [1.165, 1.54) is 0 Å². The Kier molecular flexibility index (Phi) is 10.1. The van der Waals surface area contributed by atoms with E-state index in [1.54, 1.807) is 0 Å². The van der Waals surface area contributed by atoms with Crippen molar-refractivity contribution >= 4 is 64.0 Å². The third kappa shape index (κ3) is 7.67. The van der Waals surface area contributed by atoms with Crippen molar-refractivity contribution in [2.24, 2.45) is 9.98 Å². The second-order valence-corrected chi connectivity index (χ2v) is 13.8. The summed E-state index contributed by atoms with van der Waals surface area (Å²) in [5.41, 5.74) is 9.43. The van der Waals surface area contributed by atoms with Gasteiger partial charge < -0.3 is 41.3 Å². The van der Waals surface area contributed by atoms with Gasteiger partial charge in [0, 0.05) is 9.81 Å². The van der Waals surface area contributed by atoms with Crippen molar-refractivity contribution < 1.29 is 52.3 Å². The van der Waals surface area contributed by atoms with Gasteiger partial charge in [-0.3, -0.25) is 43.2 Å². The molecule has 5 rings (SSSR count). The van der Waals surface area contributed by atoms with Crippen LogP contribution in [0.5, 0.6) is 0 Å². The van der Waals surface area contributed by atoms with Crippen LogP contribution < -0.4 is 33.4 Å². The number of aromatic amines is 2. The molecule has 47 heavy (non-hydrogen) atoms. The first kappa shape index (κ1) is 35.3. The molecule has 0 aliphatic carbocycles. The van der Waals surface area contributed by atoms with Gasteiger partial charge in [0.05, 0.1) is 26.1 Å². The van der Waals surface area contributed by atoms with Gasteiger partial charge in [-0.1, -0.05) is 0 Å². The van der Waals surface area contributed by atoms with Crippen molar-refractivity contribution in [1.82, 2.24) is 29.5 Å². The van der Waals surface area contributed by atoms with Crippen LogP contribution in [0, 0.1) is 0 Å². The Hall–Kier alpha value is -3.03. The summed E-state index contributed by atoms with van der Waals surface area (Å²) >= 11 is 8.39. The average molecular weight is 741 g/mol. The molecule has 0 radical (unpaired) electrons. The molecular formula is C20H26N10O13P2S2. The summed E-state index contributed by atoms with van der Waals surface area (Å²) in [5.74, 6) is -0.432. The van der Waals surface area contributed by atoms with E-state index in [9.17, 15) is 43.8 Å². The predicted octanol–water partition coefficient (Wildman–Crippen LogP) is -4.01. The summed E-state index contributed by atoms with van der Waals surface area (Å²) in [6.07, 6.45) is -6.99. The molecule has 27 heteroatoms. The highest BCUT2D eigenvalue weighted by molar-refractivity contribution is 7.88. The van der Waals surface area contributed by atoms with Gasteiger partial charge in [0.1, 0.15) is 30.5 Å². The minimum absolute atomic E-state index is 0.000205. The number of aliphatic hydroxyl groups excluding tert-OH is 3. The Morgan fingerprint density at radius 3 is 2.47 bits per heavy atom. The van der Waals surface area contributed by atoms with Crippen LogP contribution in [0.1, 0.15) is 6.23 Å². The fourth-order valence-electron chi connectivity index (χ4n) is 4.37. The van der Waals surface area contributed by atoms with Crippen LogP contribution in [0.25, 0.3) is 11.2 Å². The quantitative estimate of drug-likeness (QED) is 0.0659. The first-order valence-corrected chi connectivity index (χ1v) is 16.8. The number of rotatable bonds is 11. The van der Waals surface area contributed by atoms with E-state index in [2.05, 4.69) is 73.5 Å². The number of fused-ring (bicyclic) bond motifs is 2. The zero-order chi connectivity index (χ0) is 34.4. The van der Waals surface area contributed by atoms with E-state index in [0.29, 0.717) is 0 Å². The minimum atomic E-state index is -5.42. The summed E-state index contributed by atoms with van der Waals surface area (Å²) in [5, 5.41) is 31.2. The fourth-order valence-corrected chi connectivity index (χ4v) is 6.97. The first-order valence-electron chi connectivity index (χ1n) is 12.9. The molecule has 2 unspecified atom stereocenters. The average Bonchev–Trinajstić information content (AvgIpc) is 3.53. The highest BCUT2D eigenvalue weighted by atomic mass is 32.1. The molecule has 0 spiro atoms. The molecule has 0 saturated carbocycles. The number of nitrogen functional groups attached to an aromatic ring is 2. The molecule has 8 atom stereocenters. The number of phosphoric acid groups is 2. The van der Waals surface area contributed by atoms with Crippen molar-refractivity contribution in [1.29, 1.82) is 0 Å². The van der Waals surface area contributed by atoms with Gasteiger partial charge >= 0.3 is 15.6 Å². The van der Waals surface area contributed by atoms with Crippen molar-refractivity contribution in [3.05, 3.63) is 47.7 Å². The molecule has 2 aliphatic rings. The molecule has 11 N–H and O–H groups in total. The number of nitrogens with one attached hydrogen (secondary N) is 2. The van der Waals surface area contributed by atoms with Crippen LogP contribution >= 0.6 is 40.9 Å². The fraction of sp³-hybridized carbons (Fsp3) is 0.450. The number of aromatic nitrogens is 6. The van der Waals surface area contributed by atoms with E-state index < -0.39 is 76.7 Å². The minimum Gasteiger partial charge on any atom is -0.387 e. The van der Waals surface area contributed by atoms with Crippen molar-refractivity contribution in [3.63, 3.8) is 0 Å². The number of hydrogen-bond acceptors (Lipinski definition) is 20. The summed E-state index contributed by atoms with van der Waals surface area (Å²) in [4.78, 5) is 68.4. The number of H-pyrrole nitrogens is 2. The number of phosphoric ester groups is 2. The maximum absolute atomic E-state index is 12.4. The van der Waals surface area contributed by atoms with Crippen LogP contribution in [0.3, 0.4) is 0 Å². The first-order chi connectivity index (χ1) is 22.0. The second-order valence-electron chi connectivity index (χ2n) is 9.83. The van der Waals surface area contributed by atoms with E-state index in [4.69, 9.17) is 16.2 Å². The monoisotopic (exact) mass is 740 g/mol. The van der Waals surface area contributed by atoms with Gasteiger partial charge in [0.2, 0.25) is 11.9 Å². The number of hydrogen-bond donors (Lipinski definition) is 11. The van der Waals surface area contributed by atoms with Gasteiger partial charge in [0.15, 0.2) is 28.2 Å². The second kappa shape index (κ2) is 13.5. The Balaban J connectivity index is 1.18. The molecular weight excluding hydrogens is 714 g/mol. The molecule has 1 fully saturated rings. The lowest BCUT2D eigenvalue weighted by atomic mass is 10.1. The lowest BCUT2D eigenvalue weighted by Crippen LogP contribution is -2.48. The molecule has 0 aromatic carbocycles. The lowest BCUT2D eigenvalue weighted by molar-refractivity contribution is -0.0504. The Morgan fingerprint density at radius 1 is 1.09 bits per heavy atom. The lowest BCUT2D eigenvalue weighted by Gasteiger charge is -2.21. The molecule has 256 valence electrons. The van der Waals surface area contributed by atoms with Crippen molar-refractivity contribution in [2.45, 2.75) is 36.7 Å². The number of thiol groups is 2. The molecule has 3 aromatic heterocycles. The SMILES string of the molecule is Nc1nc2c(c(=O)[nH]1)=N[C@@H](/C(S)=C(/S)[C@H](O)COP(=O)(O)OP(=O)(O)OC[C@H]1O[C@@H](n3cnc4c(=O)[nH]c(N)nc43)[C@H](O)[C@@H]1O)CN=2.